The molecular formula is C17H15N3O3S. The highest BCUT2D eigenvalue weighted by Gasteiger charge is 2.17. The molecule has 3 rings (SSSR count). The van der Waals surface area contributed by atoms with Gasteiger partial charge in [0.05, 0.1) is 20.7 Å². The molecule has 0 radical (unpaired) electrons. The van der Waals surface area contributed by atoms with Crippen LogP contribution < -0.4 is 5.56 Å². The molecule has 0 atom stereocenters. The largest absolute Gasteiger partial charge is 0.287 e. The third kappa shape index (κ3) is 3.03. The summed E-state index contributed by atoms with van der Waals surface area (Å²) in [7, 11) is 0. The Morgan fingerprint density at radius 3 is 2.62 bits per heavy atom. The van der Waals surface area contributed by atoms with Crippen molar-refractivity contribution in [2.45, 2.75) is 29.9 Å². The van der Waals surface area contributed by atoms with Crippen LogP contribution in [-0.4, -0.2) is 14.5 Å². The monoisotopic (exact) mass is 341 g/mol. The van der Waals surface area contributed by atoms with Gasteiger partial charge >= 0.3 is 0 Å². The molecule has 7 heteroatoms. The molecule has 0 fully saturated rings. The van der Waals surface area contributed by atoms with Gasteiger partial charge in [0.1, 0.15) is 0 Å². The van der Waals surface area contributed by atoms with E-state index in [0.717, 1.165) is 18.2 Å². The molecule has 0 amide bonds. The lowest BCUT2D eigenvalue weighted by molar-refractivity contribution is -0.387. The van der Waals surface area contributed by atoms with Gasteiger partial charge in [-0.2, -0.15) is 0 Å². The average molecular weight is 341 g/mol. The maximum atomic E-state index is 12.7. The summed E-state index contributed by atoms with van der Waals surface area (Å²) in [6.45, 7) is 2.49. The topological polar surface area (TPSA) is 78.0 Å². The third-order valence-electron chi connectivity index (χ3n) is 3.54. The lowest BCUT2D eigenvalue weighted by atomic mass is 10.2. The van der Waals surface area contributed by atoms with Gasteiger partial charge in [-0.15, -0.1) is 0 Å². The fraction of sp³-hybridized carbons (Fsp3) is 0.176. The minimum Gasteiger partial charge on any atom is -0.287 e. The fourth-order valence-corrected chi connectivity index (χ4v) is 3.46. The first-order chi connectivity index (χ1) is 11.6. The van der Waals surface area contributed by atoms with Gasteiger partial charge in [-0.1, -0.05) is 31.2 Å². The van der Waals surface area contributed by atoms with E-state index in [2.05, 4.69) is 4.98 Å². The van der Waals surface area contributed by atoms with Crippen LogP contribution in [0.5, 0.6) is 0 Å². The van der Waals surface area contributed by atoms with Crippen molar-refractivity contribution in [3.05, 3.63) is 69.0 Å². The molecule has 0 aliphatic rings. The number of benzene rings is 2. The molecule has 1 aromatic heterocycles. The van der Waals surface area contributed by atoms with Gasteiger partial charge in [-0.3, -0.25) is 19.5 Å². The van der Waals surface area contributed by atoms with E-state index in [-0.39, 0.29) is 11.2 Å². The van der Waals surface area contributed by atoms with Crippen molar-refractivity contribution >= 4 is 28.4 Å². The molecule has 0 bridgehead atoms. The number of rotatable bonds is 5. The number of fused-ring (bicyclic) bond motifs is 1. The Bertz CT molecular complexity index is 969. The number of aromatic nitrogens is 2. The zero-order chi connectivity index (χ0) is 17.1. The van der Waals surface area contributed by atoms with Crippen molar-refractivity contribution in [1.82, 2.24) is 9.55 Å². The molecule has 6 nitrogen and oxygen atoms in total. The van der Waals surface area contributed by atoms with E-state index >= 15 is 0 Å². The van der Waals surface area contributed by atoms with E-state index in [9.17, 15) is 14.9 Å². The van der Waals surface area contributed by atoms with Crippen LogP contribution in [0.2, 0.25) is 0 Å². The van der Waals surface area contributed by atoms with Gasteiger partial charge in [-0.25, -0.2) is 4.98 Å². The highest BCUT2D eigenvalue weighted by atomic mass is 32.2. The van der Waals surface area contributed by atoms with Crippen LogP contribution in [0.3, 0.4) is 0 Å². The highest BCUT2D eigenvalue weighted by Crippen LogP contribution is 2.33. The van der Waals surface area contributed by atoms with Gasteiger partial charge in [0, 0.05) is 12.6 Å². The molecule has 3 aromatic rings. The van der Waals surface area contributed by atoms with Crippen LogP contribution in [0.4, 0.5) is 5.69 Å². The van der Waals surface area contributed by atoms with E-state index in [4.69, 9.17) is 0 Å². The first-order valence-corrected chi connectivity index (χ1v) is 8.34. The van der Waals surface area contributed by atoms with Crippen LogP contribution in [0.1, 0.15) is 13.3 Å². The molecular weight excluding hydrogens is 326 g/mol. The molecule has 24 heavy (non-hydrogen) atoms. The lowest BCUT2D eigenvalue weighted by Gasteiger charge is -2.12. The number of para-hydroxylation sites is 2. The van der Waals surface area contributed by atoms with Gasteiger partial charge in [0.25, 0.3) is 11.2 Å². The molecule has 122 valence electrons. The first-order valence-electron chi connectivity index (χ1n) is 7.52. The summed E-state index contributed by atoms with van der Waals surface area (Å²) >= 11 is 1.15. The summed E-state index contributed by atoms with van der Waals surface area (Å²) in [5.74, 6) is 0. The molecule has 0 aliphatic heterocycles. The molecule has 2 aromatic carbocycles. The van der Waals surface area contributed by atoms with Crippen molar-refractivity contribution in [2.75, 3.05) is 0 Å². The summed E-state index contributed by atoms with van der Waals surface area (Å²) in [6, 6.07) is 13.6. The number of nitro benzene ring substituents is 1. The number of hydrogen-bond donors (Lipinski definition) is 0. The first kappa shape index (κ1) is 16.2. The molecule has 0 unspecified atom stereocenters. The summed E-state index contributed by atoms with van der Waals surface area (Å²) in [5, 5.41) is 12.2. The third-order valence-corrected chi connectivity index (χ3v) is 4.60. The van der Waals surface area contributed by atoms with Crippen molar-refractivity contribution in [3.8, 4) is 0 Å². The van der Waals surface area contributed by atoms with E-state index in [1.54, 1.807) is 41.0 Å². The van der Waals surface area contributed by atoms with Gasteiger partial charge in [-0.05, 0) is 36.4 Å². The normalized spacial score (nSPS) is 10.9. The minimum absolute atomic E-state index is 0.00737. The molecule has 0 aliphatic carbocycles. The number of nitro groups is 1. The zero-order valence-electron chi connectivity index (χ0n) is 13.0. The maximum absolute atomic E-state index is 12.7. The maximum Gasteiger partial charge on any atom is 0.283 e. The van der Waals surface area contributed by atoms with E-state index in [1.807, 2.05) is 13.0 Å². The molecule has 0 N–H and O–H groups in total. The van der Waals surface area contributed by atoms with Crippen LogP contribution in [0.25, 0.3) is 10.9 Å². The quantitative estimate of drug-likeness (QED) is 0.400. The smallest absolute Gasteiger partial charge is 0.283 e. The molecule has 0 saturated heterocycles. The Kier molecular flexibility index (Phi) is 4.61. The van der Waals surface area contributed by atoms with E-state index in [1.165, 1.54) is 6.07 Å². The predicted molar refractivity (Wildman–Crippen MR) is 93.5 cm³/mol. The second-order valence-electron chi connectivity index (χ2n) is 5.20. The van der Waals surface area contributed by atoms with Gasteiger partial charge in [0.15, 0.2) is 5.16 Å². The Labute approximate surface area is 142 Å². The predicted octanol–water partition coefficient (Wildman–Crippen LogP) is 3.87. The standard InChI is InChI=1S/C17H15N3O3S/c1-2-11-19-16(21)12-7-3-4-8-13(12)18-17(19)24-15-10-6-5-9-14(15)20(22)23/h3-10H,2,11H2,1H3. The van der Waals surface area contributed by atoms with Crippen molar-refractivity contribution in [3.63, 3.8) is 0 Å². The Morgan fingerprint density at radius 1 is 1.17 bits per heavy atom. The summed E-state index contributed by atoms with van der Waals surface area (Å²) in [6.07, 6.45) is 0.768. The second kappa shape index (κ2) is 6.84. The minimum atomic E-state index is -0.425. The SMILES string of the molecule is CCCn1c(Sc2ccccc2[N+](=O)[O-])nc2ccccc2c1=O. The summed E-state index contributed by atoms with van der Waals surface area (Å²) in [4.78, 5) is 28.5. The Balaban J connectivity index is 2.17. The zero-order valence-corrected chi connectivity index (χ0v) is 13.8. The van der Waals surface area contributed by atoms with Crippen molar-refractivity contribution in [2.24, 2.45) is 0 Å². The van der Waals surface area contributed by atoms with Gasteiger partial charge in [0.2, 0.25) is 0 Å². The average Bonchev–Trinajstić information content (AvgIpc) is 2.58. The molecule has 0 saturated carbocycles. The molecule has 0 spiro atoms. The van der Waals surface area contributed by atoms with E-state index in [0.29, 0.717) is 27.5 Å². The van der Waals surface area contributed by atoms with E-state index < -0.39 is 4.92 Å². The van der Waals surface area contributed by atoms with Crippen LogP contribution in [0, 0.1) is 10.1 Å². The summed E-state index contributed by atoms with van der Waals surface area (Å²) in [5.41, 5.74) is 0.479. The van der Waals surface area contributed by atoms with Crippen molar-refractivity contribution in [1.29, 1.82) is 0 Å². The van der Waals surface area contributed by atoms with Crippen molar-refractivity contribution < 1.29 is 4.92 Å². The number of hydrogen-bond acceptors (Lipinski definition) is 5. The lowest BCUT2D eigenvalue weighted by Crippen LogP contribution is -2.23. The number of nitrogens with zero attached hydrogens (tertiary/aromatic N) is 3. The Hall–Kier alpha value is -2.67. The fourth-order valence-electron chi connectivity index (χ4n) is 2.44. The second-order valence-corrected chi connectivity index (χ2v) is 6.20. The Morgan fingerprint density at radius 2 is 1.88 bits per heavy atom. The highest BCUT2D eigenvalue weighted by molar-refractivity contribution is 7.99. The van der Waals surface area contributed by atoms with Gasteiger partial charge < -0.3 is 0 Å². The van der Waals surface area contributed by atoms with Crippen LogP contribution in [-0.2, 0) is 6.54 Å². The molecule has 1 heterocycles. The van der Waals surface area contributed by atoms with Crippen LogP contribution in [0.15, 0.2) is 63.4 Å². The van der Waals surface area contributed by atoms with Crippen LogP contribution >= 0.6 is 11.8 Å². The summed E-state index contributed by atoms with van der Waals surface area (Å²) < 4.78 is 1.59.